The lowest BCUT2D eigenvalue weighted by atomic mass is 9.99. The quantitative estimate of drug-likeness (QED) is 0.479. The lowest BCUT2D eigenvalue weighted by molar-refractivity contribution is -0.120. The van der Waals surface area contributed by atoms with E-state index in [0.717, 1.165) is 22.3 Å². The maximum absolute atomic E-state index is 13.9. The molecule has 0 radical (unpaired) electrons. The van der Waals surface area contributed by atoms with Gasteiger partial charge in [-0.1, -0.05) is 60.7 Å². The third kappa shape index (κ3) is 4.14. The summed E-state index contributed by atoms with van der Waals surface area (Å²) < 4.78 is 5.47. The Hall–Kier alpha value is -3.86. The van der Waals surface area contributed by atoms with E-state index in [9.17, 15) is 9.59 Å². The molecule has 0 unspecified atom stereocenters. The number of benzene rings is 3. The second-order valence-electron chi connectivity index (χ2n) is 8.14. The Balaban J connectivity index is 1.88. The number of amides is 2. The highest BCUT2D eigenvalue weighted by Gasteiger charge is 2.43. The van der Waals surface area contributed by atoms with Crippen molar-refractivity contribution in [1.82, 2.24) is 4.90 Å². The third-order valence-corrected chi connectivity index (χ3v) is 6.10. The number of methoxy groups -OCH3 is 1. The summed E-state index contributed by atoms with van der Waals surface area (Å²) in [5.74, 6) is -0.198. The predicted molar refractivity (Wildman–Crippen MR) is 131 cm³/mol. The molecule has 0 fully saturated rings. The Morgan fingerprint density at radius 3 is 2.21 bits per heavy atom. The topological polar surface area (TPSA) is 49.9 Å². The fraction of sp³-hybridized carbons (Fsp3) is 0.214. The highest BCUT2D eigenvalue weighted by atomic mass is 16.5. The largest absolute Gasteiger partial charge is 0.495 e. The fourth-order valence-electron chi connectivity index (χ4n) is 4.15. The zero-order chi connectivity index (χ0) is 23.5. The van der Waals surface area contributed by atoms with Crippen LogP contribution in [0.25, 0.3) is 5.57 Å². The number of rotatable bonds is 7. The standard InChI is InChI=1S/C28H28N2O3/c1-5-29(18-21-11-7-6-8-12-21)26-25(22-16-15-19(2)20(3)17-22)27(31)30(28(26)32)23-13-9-10-14-24(23)33-4/h6-17H,5,18H2,1-4H3. The van der Waals surface area contributed by atoms with Crippen LogP contribution in [0, 0.1) is 13.8 Å². The number of carbonyl (C=O) groups excluding carboxylic acids is 2. The summed E-state index contributed by atoms with van der Waals surface area (Å²) in [5, 5.41) is 0. The van der Waals surface area contributed by atoms with Crippen molar-refractivity contribution < 1.29 is 14.3 Å². The summed E-state index contributed by atoms with van der Waals surface area (Å²) in [6.45, 7) is 7.15. The predicted octanol–water partition coefficient (Wildman–Crippen LogP) is 5.12. The molecular formula is C28H28N2O3. The van der Waals surface area contributed by atoms with Crippen molar-refractivity contribution in [2.45, 2.75) is 27.3 Å². The van der Waals surface area contributed by atoms with E-state index in [0.29, 0.717) is 35.8 Å². The van der Waals surface area contributed by atoms with Gasteiger partial charge >= 0.3 is 0 Å². The Morgan fingerprint density at radius 2 is 1.55 bits per heavy atom. The number of nitrogens with zero attached hydrogens (tertiary/aromatic N) is 2. The average Bonchev–Trinajstić information content (AvgIpc) is 3.09. The van der Waals surface area contributed by atoms with Crippen molar-refractivity contribution in [3.8, 4) is 5.75 Å². The van der Waals surface area contributed by atoms with Gasteiger partial charge in [-0.2, -0.15) is 0 Å². The molecule has 0 spiro atoms. The maximum atomic E-state index is 13.9. The van der Waals surface area contributed by atoms with Gasteiger partial charge in [0.2, 0.25) is 0 Å². The van der Waals surface area contributed by atoms with E-state index in [1.165, 1.54) is 12.0 Å². The number of carbonyl (C=O) groups is 2. The zero-order valence-corrected chi connectivity index (χ0v) is 19.5. The first-order valence-corrected chi connectivity index (χ1v) is 11.1. The van der Waals surface area contributed by atoms with Gasteiger partial charge in [0.15, 0.2) is 0 Å². The van der Waals surface area contributed by atoms with Crippen molar-refractivity contribution >= 4 is 23.1 Å². The molecule has 3 aromatic rings. The van der Waals surface area contributed by atoms with Crippen LogP contribution < -0.4 is 9.64 Å². The number of hydrogen-bond donors (Lipinski definition) is 0. The van der Waals surface area contributed by atoms with E-state index in [1.807, 2.05) is 80.3 Å². The van der Waals surface area contributed by atoms with Crippen LogP contribution in [0.1, 0.15) is 29.2 Å². The van der Waals surface area contributed by atoms with Crippen LogP contribution >= 0.6 is 0 Å². The molecule has 0 saturated heterocycles. The first-order valence-electron chi connectivity index (χ1n) is 11.1. The van der Waals surface area contributed by atoms with Gasteiger partial charge in [-0.15, -0.1) is 0 Å². The molecule has 1 aliphatic heterocycles. The third-order valence-electron chi connectivity index (χ3n) is 6.10. The molecule has 0 saturated carbocycles. The van der Waals surface area contributed by atoms with E-state index < -0.39 is 0 Å². The van der Waals surface area contributed by atoms with Gasteiger partial charge < -0.3 is 9.64 Å². The summed E-state index contributed by atoms with van der Waals surface area (Å²) in [6.07, 6.45) is 0. The number of anilines is 1. The van der Waals surface area contributed by atoms with E-state index in [4.69, 9.17) is 4.74 Å². The maximum Gasteiger partial charge on any atom is 0.282 e. The van der Waals surface area contributed by atoms with Gasteiger partial charge in [0.1, 0.15) is 11.4 Å². The van der Waals surface area contributed by atoms with Gasteiger partial charge in [-0.3, -0.25) is 9.59 Å². The minimum Gasteiger partial charge on any atom is -0.495 e. The summed E-state index contributed by atoms with van der Waals surface area (Å²) in [7, 11) is 1.54. The SMILES string of the molecule is CCN(Cc1ccccc1)C1=C(c2ccc(C)c(C)c2)C(=O)N(c2ccccc2OC)C1=O. The van der Waals surface area contributed by atoms with Crippen LogP contribution in [-0.4, -0.2) is 30.4 Å². The fourth-order valence-corrected chi connectivity index (χ4v) is 4.15. The van der Waals surface area contributed by atoms with Gasteiger partial charge in [0, 0.05) is 13.1 Å². The minimum absolute atomic E-state index is 0.337. The number of ether oxygens (including phenoxy) is 1. The molecule has 4 rings (SSSR count). The summed E-state index contributed by atoms with van der Waals surface area (Å²) >= 11 is 0. The molecule has 0 N–H and O–H groups in total. The first kappa shape index (κ1) is 22.3. The second kappa shape index (κ2) is 9.33. The molecule has 0 aliphatic carbocycles. The number of imide groups is 1. The Kier molecular flexibility index (Phi) is 6.31. The molecule has 0 atom stereocenters. The summed E-state index contributed by atoms with van der Waals surface area (Å²) in [5.41, 5.74) is 5.31. The van der Waals surface area contributed by atoms with E-state index >= 15 is 0 Å². The first-order chi connectivity index (χ1) is 16.0. The van der Waals surface area contributed by atoms with Crippen molar-refractivity contribution in [2.24, 2.45) is 0 Å². The lowest BCUT2D eigenvalue weighted by Crippen LogP contribution is -2.35. The van der Waals surface area contributed by atoms with Gasteiger partial charge in [0.05, 0.1) is 18.4 Å². The molecule has 1 heterocycles. The number of likely N-dealkylation sites (N-methyl/N-ethyl adjacent to an activating group) is 1. The number of hydrogen-bond acceptors (Lipinski definition) is 4. The van der Waals surface area contributed by atoms with Crippen molar-refractivity contribution in [3.63, 3.8) is 0 Å². The summed E-state index contributed by atoms with van der Waals surface area (Å²) in [4.78, 5) is 30.9. The molecule has 2 amide bonds. The molecule has 3 aromatic carbocycles. The van der Waals surface area contributed by atoms with Crippen LogP contribution in [0.3, 0.4) is 0 Å². The Bertz CT molecular complexity index is 1230. The van der Waals surface area contributed by atoms with Gasteiger partial charge in [0.25, 0.3) is 11.8 Å². The van der Waals surface area contributed by atoms with Gasteiger partial charge in [-0.05, 0) is 55.2 Å². The molecule has 33 heavy (non-hydrogen) atoms. The second-order valence-corrected chi connectivity index (χ2v) is 8.14. The van der Waals surface area contributed by atoms with Crippen molar-refractivity contribution in [1.29, 1.82) is 0 Å². The van der Waals surface area contributed by atoms with E-state index in [1.54, 1.807) is 18.2 Å². The molecule has 5 heteroatoms. The van der Waals surface area contributed by atoms with E-state index in [-0.39, 0.29) is 11.8 Å². The van der Waals surface area contributed by atoms with Crippen LogP contribution in [0.15, 0.2) is 78.5 Å². The minimum atomic E-state index is -0.339. The van der Waals surface area contributed by atoms with Crippen LogP contribution in [0.4, 0.5) is 5.69 Å². The van der Waals surface area contributed by atoms with E-state index in [2.05, 4.69) is 0 Å². The molecule has 0 aromatic heterocycles. The van der Waals surface area contributed by atoms with Gasteiger partial charge in [-0.25, -0.2) is 4.90 Å². The molecule has 0 bridgehead atoms. The summed E-state index contributed by atoms with van der Waals surface area (Å²) in [6, 6.07) is 23.0. The monoisotopic (exact) mass is 440 g/mol. The average molecular weight is 441 g/mol. The zero-order valence-electron chi connectivity index (χ0n) is 19.5. The van der Waals surface area contributed by atoms with Crippen LogP contribution in [-0.2, 0) is 16.1 Å². The number of para-hydroxylation sites is 2. The molecule has 168 valence electrons. The lowest BCUT2D eigenvalue weighted by Gasteiger charge is -2.25. The highest BCUT2D eigenvalue weighted by Crippen LogP contribution is 2.39. The van der Waals surface area contributed by atoms with Crippen LogP contribution in [0.5, 0.6) is 5.75 Å². The molecular weight excluding hydrogens is 412 g/mol. The molecule has 5 nitrogen and oxygen atoms in total. The van der Waals surface area contributed by atoms with Crippen molar-refractivity contribution in [3.05, 3.63) is 101 Å². The number of aryl methyl sites for hydroxylation is 2. The van der Waals surface area contributed by atoms with Crippen molar-refractivity contribution in [2.75, 3.05) is 18.6 Å². The normalized spacial score (nSPS) is 13.6. The smallest absolute Gasteiger partial charge is 0.282 e. The molecule has 1 aliphatic rings. The van der Waals surface area contributed by atoms with Crippen LogP contribution in [0.2, 0.25) is 0 Å². The highest BCUT2D eigenvalue weighted by molar-refractivity contribution is 6.45. The Labute approximate surface area is 194 Å². The Morgan fingerprint density at radius 1 is 0.848 bits per heavy atom.